The zero-order chi connectivity index (χ0) is 14.7. The molecule has 2 rings (SSSR count). The van der Waals surface area contributed by atoms with Gasteiger partial charge in [-0.15, -0.1) is 0 Å². The van der Waals surface area contributed by atoms with E-state index in [4.69, 9.17) is 0 Å². The molecule has 0 heterocycles. The quantitative estimate of drug-likeness (QED) is 0.512. The first kappa shape index (κ1) is 13.5. The number of phenols is 1. The molecule has 0 aliphatic rings. The van der Waals surface area contributed by atoms with E-state index in [2.05, 4.69) is 5.32 Å². The van der Waals surface area contributed by atoms with E-state index in [0.717, 1.165) is 18.2 Å². The summed E-state index contributed by atoms with van der Waals surface area (Å²) in [5.74, 6) is -1.64. The second kappa shape index (κ2) is 5.35. The number of rotatable bonds is 3. The zero-order valence-electron chi connectivity index (χ0n) is 10.0. The summed E-state index contributed by atoms with van der Waals surface area (Å²) in [4.78, 5) is 21.7. The molecule has 20 heavy (non-hydrogen) atoms. The van der Waals surface area contributed by atoms with E-state index in [9.17, 15) is 24.4 Å². The van der Waals surface area contributed by atoms with Crippen molar-refractivity contribution in [2.24, 2.45) is 0 Å². The number of nitro benzene ring substituents is 1. The minimum absolute atomic E-state index is 0.00450. The third kappa shape index (κ3) is 2.89. The molecule has 0 bridgehead atoms. The van der Waals surface area contributed by atoms with E-state index in [-0.39, 0.29) is 16.9 Å². The maximum absolute atomic E-state index is 13.0. The van der Waals surface area contributed by atoms with Gasteiger partial charge in [0.1, 0.15) is 11.6 Å². The number of carbonyl (C=O) groups is 1. The molecule has 0 atom stereocenters. The fourth-order valence-electron chi connectivity index (χ4n) is 1.56. The van der Waals surface area contributed by atoms with Crippen LogP contribution < -0.4 is 5.32 Å². The van der Waals surface area contributed by atoms with Crippen LogP contribution in [-0.4, -0.2) is 15.9 Å². The summed E-state index contributed by atoms with van der Waals surface area (Å²) in [5.41, 5.74) is -0.223. The van der Waals surface area contributed by atoms with Crippen LogP contribution in [0.3, 0.4) is 0 Å². The highest BCUT2D eigenvalue weighted by molar-refractivity contribution is 6.05. The monoisotopic (exact) mass is 276 g/mol. The first-order valence-electron chi connectivity index (χ1n) is 5.51. The molecule has 0 radical (unpaired) electrons. The normalized spacial score (nSPS) is 10.1. The number of aromatic hydroxyl groups is 1. The van der Waals surface area contributed by atoms with Gasteiger partial charge in [0.2, 0.25) is 0 Å². The van der Waals surface area contributed by atoms with Crippen molar-refractivity contribution in [2.45, 2.75) is 0 Å². The minimum atomic E-state index is -0.669. The van der Waals surface area contributed by atoms with Gasteiger partial charge in [0.05, 0.1) is 16.7 Å². The summed E-state index contributed by atoms with van der Waals surface area (Å²) >= 11 is 0. The average Bonchev–Trinajstić information content (AvgIpc) is 2.40. The second-order valence-corrected chi connectivity index (χ2v) is 3.92. The van der Waals surface area contributed by atoms with E-state index in [1.807, 2.05) is 0 Å². The average molecular weight is 276 g/mol. The first-order valence-corrected chi connectivity index (χ1v) is 5.51. The van der Waals surface area contributed by atoms with Crippen LogP contribution in [0.2, 0.25) is 0 Å². The van der Waals surface area contributed by atoms with Crippen LogP contribution in [0.25, 0.3) is 0 Å². The van der Waals surface area contributed by atoms with Gasteiger partial charge >= 0.3 is 0 Å². The fourth-order valence-corrected chi connectivity index (χ4v) is 1.56. The van der Waals surface area contributed by atoms with Crippen molar-refractivity contribution >= 4 is 17.3 Å². The fraction of sp³-hybridized carbons (Fsp3) is 0. The number of anilines is 1. The van der Waals surface area contributed by atoms with E-state index in [1.165, 1.54) is 24.3 Å². The number of non-ortho nitro benzene ring substituents is 1. The summed E-state index contributed by atoms with van der Waals surface area (Å²) in [5, 5.41) is 22.5. The molecule has 7 heteroatoms. The van der Waals surface area contributed by atoms with Crippen LogP contribution in [-0.2, 0) is 0 Å². The largest absolute Gasteiger partial charge is 0.506 e. The standard InChI is InChI=1S/C13H9FN2O4/c14-9-3-1-2-8(6-9)13(18)15-11-5-4-10(16(19)20)7-12(11)17/h1-7,17H,(H,15,18). The lowest BCUT2D eigenvalue weighted by Crippen LogP contribution is -2.12. The molecule has 102 valence electrons. The number of hydrogen-bond donors (Lipinski definition) is 2. The van der Waals surface area contributed by atoms with Gasteiger partial charge in [-0.2, -0.15) is 0 Å². The minimum Gasteiger partial charge on any atom is -0.506 e. The molecule has 0 aromatic heterocycles. The smallest absolute Gasteiger partial charge is 0.273 e. The van der Waals surface area contributed by atoms with Crippen molar-refractivity contribution in [3.8, 4) is 5.75 Å². The summed E-state index contributed by atoms with van der Waals surface area (Å²) in [6.07, 6.45) is 0. The molecule has 0 saturated heterocycles. The number of carbonyl (C=O) groups excluding carboxylic acids is 1. The van der Waals surface area contributed by atoms with Crippen molar-refractivity contribution in [2.75, 3.05) is 5.32 Å². The molecule has 2 aromatic rings. The van der Waals surface area contributed by atoms with Crippen LogP contribution >= 0.6 is 0 Å². The number of benzene rings is 2. The number of halogens is 1. The van der Waals surface area contributed by atoms with Crippen molar-refractivity contribution in [3.63, 3.8) is 0 Å². The number of phenolic OH excluding ortho intramolecular Hbond substituents is 1. The summed E-state index contributed by atoms with van der Waals surface area (Å²) in [6, 6.07) is 8.27. The number of nitro groups is 1. The molecular weight excluding hydrogens is 267 g/mol. The Morgan fingerprint density at radius 2 is 2.00 bits per heavy atom. The Bertz CT molecular complexity index is 688. The van der Waals surface area contributed by atoms with Crippen LogP contribution in [0.5, 0.6) is 5.75 Å². The predicted molar refractivity (Wildman–Crippen MR) is 69.1 cm³/mol. The van der Waals surface area contributed by atoms with Crippen molar-refractivity contribution in [3.05, 3.63) is 64.0 Å². The van der Waals surface area contributed by atoms with Gasteiger partial charge in [0, 0.05) is 11.6 Å². The van der Waals surface area contributed by atoms with Crippen molar-refractivity contribution in [1.29, 1.82) is 0 Å². The van der Waals surface area contributed by atoms with E-state index in [1.54, 1.807) is 0 Å². The highest BCUT2D eigenvalue weighted by atomic mass is 19.1. The summed E-state index contributed by atoms with van der Waals surface area (Å²) in [6.45, 7) is 0. The topological polar surface area (TPSA) is 92.5 Å². The molecule has 0 saturated carbocycles. The highest BCUT2D eigenvalue weighted by Gasteiger charge is 2.13. The number of nitrogens with one attached hydrogen (secondary N) is 1. The Kier molecular flexibility index (Phi) is 3.60. The molecule has 1 amide bonds. The number of hydrogen-bond acceptors (Lipinski definition) is 4. The van der Waals surface area contributed by atoms with Gasteiger partial charge < -0.3 is 10.4 Å². The number of nitrogens with zero attached hydrogens (tertiary/aromatic N) is 1. The van der Waals surface area contributed by atoms with E-state index in [0.29, 0.717) is 0 Å². The lowest BCUT2D eigenvalue weighted by Gasteiger charge is -2.07. The zero-order valence-corrected chi connectivity index (χ0v) is 10.0. The maximum atomic E-state index is 13.0. The Morgan fingerprint density at radius 3 is 2.60 bits per heavy atom. The molecule has 2 N–H and O–H groups in total. The molecule has 0 fully saturated rings. The number of amides is 1. The summed E-state index contributed by atoms with van der Waals surface area (Å²) < 4.78 is 13.0. The molecule has 0 aliphatic carbocycles. The Balaban J connectivity index is 2.22. The molecule has 0 unspecified atom stereocenters. The third-order valence-corrected chi connectivity index (χ3v) is 2.53. The van der Waals surface area contributed by atoms with Gasteiger partial charge in [0.25, 0.3) is 11.6 Å². The Labute approximate surface area is 112 Å². The lowest BCUT2D eigenvalue weighted by atomic mass is 10.2. The predicted octanol–water partition coefficient (Wildman–Crippen LogP) is 2.69. The van der Waals surface area contributed by atoms with Crippen molar-refractivity contribution < 1.29 is 19.2 Å². The van der Waals surface area contributed by atoms with Crippen LogP contribution in [0.1, 0.15) is 10.4 Å². The molecule has 0 aliphatic heterocycles. The van der Waals surface area contributed by atoms with Crippen LogP contribution in [0.15, 0.2) is 42.5 Å². The first-order chi connectivity index (χ1) is 9.47. The van der Waals surface area contributed by atoms with Gasteiger partial charge in [-0.25, -0.2) is 4.39 Å². The van der Waals surface area contributed by atoms with Crippen LogP contribution in [0.4, 0.5) is 15.8 Å². The molecular formula is C13H9FN2O4. The Hall–Kier alpha value is -2.96. The van der Waals surface area contributed by atoms with Crippen molar-refractivity contribution in [1.82, 2.24) is 0 Å². The maximum Gasteiger partial charge on any atom is 0.273 e. The van der Waals surface area contributed by atoms with Gasteiger partial charge in [0.15, 0.2) is 0 Å². The summed E-state index contributed by atoms with van der Waals surface area (Å²) in [7, 11) is 0. The molecule has 6 nitrogen and oxygen atoms in total. The lowest BCUT2D eigenvalue weighted by molar-refractivity contribution is -0.384. The van der Waals surface area contributed by atoms with Gasteiger partial charge in [-0.1, -0.05) is 6.07 Å². The molecule has 0 spiro atoms. The van der Waals surface area contributed by atoms with E-state index < -0.39 is 22.4 Å². The van der Waals surface area contributed by atoms with E-state index >= 15 is 0 Å². The van der Waals surface area contributed by atoms with Gasteiger partial charge in [-0.05, 0) is 24.3 Å². The second-order valence-electron chi connectivity index (χ2n) is 3.92. The SMILES string of the molecule is O=C(Nc1ccc([N+](=O)[O-])cc1O)c1cccc(F)c1. The van der Waals surface area contributed by atoms with Gasteiger partial charge in [-0.3, -0.25) is 14.9 Å². The third-order valence-electron chi connectivity index (χ3n) is 2.53. The Morgan fingerprint density at radius 1 is 1.25 bits per heavy atom. The van der Waals surface area contributed by atoms with Crippen LogP contribution in [0, 0.1) is 15.9 Å². The highest BCUT2D eigenvalue weighted by Crippen LogP contribution is 2.28. The molecule has 2 aromatic carbocycles.